The van der Waals surface area contributed by atoms with Crippen LogP contribution >= 0.6 is 0 Å². The standard InChI is InChI=1S/C16H16N4/c1-10-2-3-13-14(6-10)20-5-4-15(18-16(20)17-13)19-8-11-7-12(11)9-19/h2-6,11-12H,7-9H2,1H3/t11-,12+. The first-order chi connectivity index (χ1) is 9.78. The second-order valence-corrected chi connectivity index (χ2v) is 6.22. The van der Waals surface area contributed by atoms with Crippen molar-refractivity contribution in [1.29, 1.82) is 0 Å². The second kappa shape index (κ2) is 3.51. The topological polar surface area (TPSA) is 33.4 Å². The van der Waals surface area contributed by atoms with E-state index in [9.17, 15) is 0 Å². The van der Waals surface area contributed by atoms with E-state index in [4.69, 9.17) is 4.98 Å². The number of hydrogen-bond donors (Lipinski definition) is 0. The van der Waals surface area contributed by atoms with E-state index in [2.05, 4.69) is 51.7 Å². The Hall–Kier alpha value is -2.10. The fourth-order valence-electron chi connectivity index (χ4n) is 3.46. The lowest BCUT2D eigenvalue weighted by molar-refractivity contribution is 0.804. The molecule has 3 heterocycles. The molecule has 100 valence electrons. The zero-order valence-corrected chi connectivity index (χ0v) is 11.5. The molecule has 0 amide bonds. The summed E-state index contributed by atoms with van der Waals surface area (Å²) in [4.78, 5) is 11.8. The number of nitrogens with zero attached hydrogens (tertiary/aromatic N) is 4. The highest BCUT2D eigenvalue weighted by molar-refractivity contribution is 5.80. The SMILES string of the molecule is Cc1ccc2nc3nc(N4C[C@H]5C[C@H]5C4)ccn3c2c1. The molecule has 0 spiro atoms. The first kappa shape index (κ1) is 10.7. The lowest BCUT2D eigenvalue weighted by atomic mass is 10.2. The number of rotatable bonds is 1. The van der Waals surface area contributed by atoms with Crippen LogP contribution in [0.25, 0.3) is 16.8 Å². The van der Waals surface area contributed by atoms with E-state index in [-0.39, 0.29) is 0 Å². The fraction of sp³-hybridized carbons (Fsp3) is 0.375. The summed E-state index contributed by atoms with van der Waals surface area (Å²) in [6.07, 6.45) is 3.53. The van der Waals surface area contributed by atoms with Crippen LogP contribution in [-0.2, 0) is 0 Å². The molecular formula is C16H16N4. The third-order valence-corrected chi connectivity index (χ3v) is 4.72. The molecule has 2 aromatic heterocycles. The van der Waals surface area contributed by atoms with Gasteiger partial charge in [0, 0.05) is 19.3 Å². The number of aryl methyl sites for hydroxylation is 1. The van der Waals surface area contributed by atoms with Gasteiger partial charge in [-0.15, -0.1) is 0 Å². The summed E-state index contributed by atoms with van der Waals surface area (Å²) in [6, 6.07) is 8.47. The largest absolute Gasteiger partial charge is 0.356 e. The minimum Gasteiger partial charge on any atom is -0.356 e. The highest BCUT2D eigenvalue weighted by Gasteiger charge is 2.45. The van der Waals surface area contributed by atoms with Crippen molar-refractivity contribution in [2.45, 2.75) is 13.3 Å². The van der Waals surface area contributed by atoms with E-state index in [1.165, 1.54) is 25.1 Å². The molecule has 2 aliphatic rings. The molecule has 4 nitrogen and oxygen atoms in total. The minimum atomic E-state index is 0.809. The van der Waals surface area contributed by atoms with Crippen LogP contribution in [-0.4, -0.2) is 27.5 Å². The Kier molecular flexibility index (Phi) is 1.87. The molecule has 0 unspecified atom stereocenters. The fourth-order valence-corrected chi connectivity index (χ4v) is 3.46. The van der Waals surface area contributed by atoms with Crippen molar-refractivity contribution in [3.8, 4) is 0 Å². The van der Waals surface area contributed by atoms with E-state index in [0.29, 0.717) is 0 Å². The zero-order chi connectivity index (χ0) is 13.3. The predicted octanol–water partition coefficient (Wildman–Crippen LogP) is 2.65. The first-order valence-corrected chi connectivity index (χ1v) is 7.28. The van der Waals surface area contributed by atoms with Crippen molar-refractivity contribution in [1.82, 2.24) is 14.4 Å². The van der Waals surface area contributed by atoms with Gasteiger partial charge < -0.3 is 4.90 Å². The maximum Gasteiger partial charge on any atom is 0.236 e. The van der Waals surface area contributed by atoms with Crippen molar-refractivity contribution >= 4 is 22.6 Å². The number of imidazole rings is 1. The lowest BCUT2D eigenvalue weighted by Gasteiger charge is -2.18. The van der Waals surface area contributed by atoms with Gasteiger partial charge in [0.05, 0.1) is 11.0 Å². The Morgan fingerprint density at radius 1 is 1.10 bits per heavy atom. The van der Waals surface area contributed by atoms with Crippen LogP contribution in [0.2, 0.25) is 0 Å². The molecule has 20 heavy (non-hydrogen) atoms. The number of benzene rings is 1. The molecule has 5 rings (SSSR count). The third-order valence-electron chi connectivity index (χ3n) is 4.72. The smallest absolute Gasteiger partial charge is 0.236 e. The molecule has 1 aliphatic heterocycles. The minimum absolute atomic E-state index is 0.809. The second-order valence-electron chi connectivity index (χ2n) is 6.22. The van der Waals surface area contributed by atoms with Crippen LogP contribution < -0.4 is 4.90 Å². The third kappa shape index (κ3) is 1.42. The Labute approximate surface area is 117 Å². The van der Waals surface area contributed by atoms with Crippen LogP contribution in [0.5, 0.6) is 0 Å². The molecule has 1 saturated carbocycles. The van der Waals surface area contributed by atoms with E-state index >= 15 is 0 Å². The van der Waals surface area contributed by atoms with Gasteiger partial charge in [0.2, 0.25) is 5.78 Å². The maximum absolute atomic E-state index is 4.76. The van der Waals surface area contributed by atoms with Crippen LogP contribution in [0.1, 0.15) is 12.0 Å². The summed E-state index contributed by atoms with van der Waals surface area (Å²) in [6.45, 7) is 4.46. The molecular weight excluding hydrogens is 248 g/mol. The molecule has 3 aromatic rings. The van der Waals surface area contributed by atoms with Gasteiger partial charge in [-0.2, -0.15) is 4.98 Å². The summed E-state index contributed by atoms with van der Waals surface area (Å²) >= 11 is 0. The Bertz CT molecular complexity index is 825. The molecule has 0 bridgehead atoms. The number of hydrogen-bond acceptors (Lipinski definition) is 3. The van der Waals surface area contributed by atoms with Gasteiger partial charge >= 0.3 is 0 Å². The van der Waals surface area contributed by atoms with Gasteiger partial charge in [-0.1, -0.05) is 6.07 Å². The molecule has 4 heteroatoms. The summed E-state index contributed by atoms with van der Waals surface area (Å²) in [7, 11) is 0. The van der Waals surface area contributed by atoms with Crippen molar-refractivity contribution in [2.24, 2.45) is 11.8 Å². The Balaban J connectivity index is 1.66. The monoisotopic (exact) mass is 264 g/mol. The number of piperidine rings is 1. The quantitative estimate of drug-likeness (QED) is 0.677. The van der Waals surface area contributed by atoms with Gasteiger partial charge in [-0.3, -0.25) is 4.40 Å². The number of anilines is 1. The number of aromatic nitrogens is 3. The average molecular weight is 264 g/mol. The van der Waals surface area contributed by atoms with Crippen molar-refractivity contribution in [3.05, 3.63) is 36.0 Å². The van der Waals surface area contributed by atoms with Crippen LogP contribution in [0.3, 0.4) is 0 Å². The zero-order valence-electron chi connectivity index (χ0n) is 11.5. The summed E-state index contributed by atoms with van der Waals surface area (Å²) < 4.78 is 2.09. The predicted molar refractivity (Wildman–Crippen MR) is 79.0 cm³/mol. The van der Waals surface area contributed by atoms with Gasteiger partial charge in [-0.05, 0) is 48.9 Å². The molecule has 0 radical (unpaired) electrons. The van der Waals surface area contributed by atoms with Gasteiger partial charge in [0.15, 0.2) is 0 Å². The average Bonchev–Trinajstić information content (AvgIpc) is 2.92. The molecule has 1 saturated heterocycles. The summed E-state index contributed by atoms with van der Waals surface area (Å²) in [5.74, 6) is 3.74. The molecule has 2 fully saturated rings. The van der Waals surface area contributed by atoms with E-state index < -0.39 is 0 Å². The summed E-state index contributed by atoms with van der Waals surface area (Å²) in [5.41, 5.74) is 3.41. The van der Waals surface area contributed by atoms with E-state index in [1.807, 2.05) is 0 Å². The maximum atomic E-state index is 4.76. The van der Waals surface area contributed by atoms with Crippen molar-refractivity contribution < 1.29 is 0 Å². The van der Waals surface area contributed by atoms with Gasteiger partial charge in [-0.25, -0.2) is 4.98 Å². The lowest BCUT2D eigenvalue weighted by Crippen LogP contribution is -2.23. The van der Waals surface area contributed by atoms with E-state index in [1.54, 1.807) is 0 Å². The Morgan fingerprint density at radius 2 is 1.95 bits per heavy atom. The molecule has 1 aromatic carbocycles. The molecule has 1 aliphatic carbocycles. The van der Waals surface area contributed by atoms with Gasteiger partial charge in [0.1, 0.15) is 5.82 Å². The van der Waals surface area contributed by atoms with Crippen molar-refractivity contribution in [2.75, 3.05) is 18.0 Å². The Morgan fingerprint density at radius 3 is 2.80 bits per heavy atom. The van der Waals surface area contributed by atoms with E-state index in [0.717, 1.165) is 34.5 Å². The van der Waals surface area contributed by atoms with Gasteiger partial charge in [0.25, 0.3) is 0 Å². The van der Waals surface area contributed by atoms with Crippen LogP contribution in [0.15, 0.2) is 30.5 Å². The molecule has 2 atom stereocenters. The van der Waals surface area contributed by atoms with Crippen LogP contribution in [0, 0.1) is 18.8 Å². The molecule has 0 N–H and O–H groups in total. The summed E-state index contributed by atoms with van der Waals surface area (Å²) in [5, 5.41) is 0. The highest BCUT2D eigenvalue weighted by atomic mass is 15.3. The highest BCUT2D eigenvalue weighted by Crippen LogP contribution is 2.45. The number of fused-ring (bicyclic) bond motifs is 4. The normalized spacial score (nSPS) is 24.6. The first-order valence-electron chi connectivity index (χ1n) is 7.28. The van der Waals surface area contributed by atoms with Crippen molar-refractivity contribution in [3.63, 3.8) is 0 Å². The van der Waals surface area contributed by atoms with Crippen LogP contribution in [0.4, 0.5) is 5.82 Å².